The van der Waals surface area contributed by atoms with Crippen LogP contribution >= 0.6 is 0 Å². The van der Waals surface area contributed by atoms with E-state index in [1.54, 1.807) is 6.20 Å². The van der Waals surface area contributed by atoms with Gasteiger partial charge in [-0.15, -0.1) is 0 Å². The van der Waals surface area contributed by atoms with E-state index in [9.17, 15) is 4.79 Å². The number of aryl methyl sites for hydroxylation is 1. The van der Waals surface area contributed by atoms with E-state index in [1.165, 1.54) is 0 Å². The molecule has 90 valence electrons. The standard InChI is InChI=1S/C13H17N3O/c1-4-12(13-14-5-6-15-13)16-9(2)7-11(8-17)10(16)3/h5-8,12H,4H2,1-3H3,(H,14,15). The highest BCUT2D eigenvalue weighted by atomic mass is 16.1. The fourth-order valence-electron chi connectivity index (χ4n) is 2.36. The predicted molar refractivity (Wildman–Crippen MR) is 66.3 cm³/mol. The maximum Gasteiger partial charge on any atom is 0.151 e. The summed E-state index contributed by atoms with van der Waals surface area (Å²) in [4.78, 5) is 18.4. The molecule has 17 heavy (non-hydrogen) atoms. The Balaban J connectivity index is 2.51. The van der Waals surface area contributed by atoms with Gasteiger partial charge in [0.2, 0.25) is 0 Å². The fourth-order valence-corrected chi connectivity index (χ4v) is 2.36. The van der Waals surface area contributed by atoms with Crippen molar-refractivity contribution in [3.63, 3.8) is 0 Å². The Bertz CT molecular complexity index is 511. The number of carbonyl (C=O) groups is 1. The summed E-state index contributed by atoms with van der Waals surface area (Å²) < 4.78 is 2.17. The second-order valence-corrected chi connectivity index (χ2v) is 4.21. The van der Waals surface area contributed by atoms with Crippen LogP contribution in [0.1, 0.15) is 47.0 Å². The van der Waals surface area contributed by atoms with Crippen molar-refractivity contribution in [2.45, 2.75) is 33.2 Å². The molecular weight excluding hydrogens is 214 g/mol. The third-order valence-electron chi connectivity index (χ3n) is 3.18. The highest BCUT2D eigenvalue weighted by Gasteiger charge is 2.19. The van der Waals surface area contributed by atoms with Crippen molar-refractivity contribution in [3.8, 4) is 0 Å². The van der Waals surface area contributed by atoms with E-state index < -0.39 is 0 Å². The minimum atomic E-state index is 0.165. The van der Waals surface area contributed by atoms with Crippen LogP contribution in [-0.2, 0) is 0 Å². The van der Waals surface area contributed by atoms with Crippen molar-refractivity contribution in [3.05, 3.63) is 41.2 Å². The number of H-pyrrole nitrogens is 1. The maximum atomic E-state index is 11.0. The van der Waals surface area contributed by atoms with Crippen LogP contribution in [0.15, 0.2) is 18.5 Å². The van der Waals surface area contributed by atoms with Crippen molar-refractivity contribution in [1.29, 1.82) is 0 Å². The lowest BCUT2D eigenvalue weighted by molar-refractivity contribution is 0.112. The van der Waals surface area contributed by atoms with Crippen LogP contribution in [-0.4, -0.2) is 20.8 Å². The Morgan fingerprint density at radius 1 is 1.53 bits per heavy atom. The maximum absolute atomic E-state index is 11.0. The number of rotatable bonds is 4. The fraction of sp³-hybridized carbons (Fsp3) is 0.385. The second-order valence-electron chi connectivity index (χ2n) is 4.21. The molecule has 4 heteroatoms. The normalized spacial score (nSPS) is 12.6. The molecule has 1 unspecified atom stereocenters. The van der Waals surface area contributed by atoms with E-state index in [0.717, 1.165) is 35.5 Å². The molecule has 0 fully saturated rings. The van der Waals surface area contributed by atoms with Crippen molar-refractivity contribution in [2.75, 3.05) is 0 Å². The lowest BCUT2D eigenvalue weighted by Gasteiger charge is -2.19. The number of hydrogen-bond donors (Lipinski definition) is 1. The van der Waals surface area contributed by atoms with E-state index >= 15 is 0 Å². The Morgan fingerprint density at radius 3 is 2.76 bits per heavy atom. The van der Waals surface area contributed by atoms with Crippen LogP contribution < -0.4 is 0 Å². The van der Waals surface area contributed by atoms with Gasteiger partial charge in [0.15, 0.2) is 6.29 Å². The first-order valence-electron chi connectivity index (χ1n) is 5.81. The first kappa shape index (κ1) is 11.6. The van der Waals surface area contributed by atoms with Gasteiger partial charge in [0.05, 0.1) is 6.04 Å². The third kappa shape index (κ3) is 1.90. The Labute approximate surface area is 101 Å². The molecule has 2 aromatic heterocycles. The summed E-state index contributed by atoms with van der Waals surface area (Å²) in [6, 6.07) is 2.09. The summed E-state index contributed by atoms with van der Waals surface area (Å²) in [6.07, 6.45) is 5.43. The molecule has 2 rings (SSSR count). The summed E-state index contributed by atoms with van der Waals surface area (Å²) in [6.45, 7) is 6.11. The molecule has 0 aliphatic heterocycles. The number of aldehydes is 1. The summed E-state index contributed by atoms with van der Waals surface area (Å²) in [7, 11) is 0. The predicted octanol–water partition coefficient (Wildman–Crippen LogP) is 2.64. The average Bonchev–Trinajstić information content (AvgIpc) is 2.92. The highest BCUT2D eigenvalue weighted by Crippen LogP contribution is 2.25. The molecule has 0 saturated heterocycles. The van der Waals surface area contributed by atoms with Crippen LogP contribution in [0.4, 0.5) is 0 Å². The smallest absolute Gasteiger partial charge is 0.151 e. The lowest BCUT2D eigenvalue weighted by Crippen LogP contribution is -2.14. The third-order valence-corrected chi connectivity index (χ3v) is 3.18. The molecule has 1 atom stereocenters. The molecule has 0 radical (unpaired) electrons. The first-order valence-corrected chi connectivity index (χ1v) is 5.81. The zero-order chi connectivity index (χ0) is 12.4. The minimum absolute atomic E-state index is 0.165. The van der Waals surface area contributed by atoms with Gasteiger partial charge in [0.1, 0.15) is 5.82 Å². The van der Waals surface area contributed by atoms with Gasteiger partial charge >= 0.3 is 0 Å². The number of imidazole rings is 1. The van der Waals surface area contributed by atoms with E-state index in [-0.39, 0.29) is 6.04 Å². The van der Waals surface area contributed by atoms with Crippen LogP contribution in [0.5, 0.6) is 0 Å². The number of nitrogens with zero attached hydrogens (tertiary/aromatic N) is 2. The van der Waals surface area contributed by atoms with Crippen LogP contribution in [0.2, 0.25) is 0 Å². The van der Waals surface area contributed by atoms with Crippen LogP contribution in [0.3, 0.4) is 0 Å². The number of nitrogens with one attached hydrogen (secondary N) is 1. The Kier molecular flexibility index (Phi) is 3.13. The number of aromatic amines is 1. The second kappa shape index (κ2) is 4.57. The Morgan fingerprint density at radius 2 is 2.29 bits per heavy atom. The minimum Gasteiger partial charge on any atom is -0.347 e. The molecule has 1 N–H and O–H groups in total. The molecule has 4 nitrogen and oxygen atoms in total. The van der Waals surface area contributed by atoms with Crippen molar-refractivity contribution < 1.29 is 4.79 Å². The van der Waals surface area contributed by atoms with E-state index in [2.05, 4.69) is 21.5 Å². The van der Waals surface area contributed by atoms with Gasteiger partial charge in [0.25, 0.3) is 0 Å². The van der Waals surface area contributed by atoms with Crippen molar-refractivity contribution >= 4 is 6.29 Å². The largest absolute Gasteiger partial charge is 0.347 e. The van der Waals surface area contributed by atoms with Gasteiger partial charge in [-0.3, -0.25) is 4.79 Å². The van der Waals surface area contributed by atoms with Crippen LogP contribution in [0, 0.1) is 13.8 Å². The van der Waals surface area contributed by atoms with E-state index in [1.807, 2.05) is 26.1 Å². The molecule has 0 spiro atoms. The van der Waals surface area contributed by atoms with Crippen molar-refractivity contribution in [2.24, 2.45) is 0 Å². The molecule has 2 heterocycles. The number of aromatic nitrogens is 3. The monoisotopic (exact) mass is 231 g/mol. The molecule has 0 aliphatic rings. The molecule has 0 saturated carbocycles. The lowest BCUT2D eigenvalue weighted by atomic mass is 10.2. The van der Waals surface area contributed by atoms with Gasteiger partial charge in [-0.2, -0.15) is 0 Å². The van der Waals surface area contributed by atoms with Gasteiger partial charge in [-0.25, -0.2) is 4.98 Å². The quantitative estimate of drug-likeness (QED) is 0.822. The summed E-state index contributed by atoms with van der Waals surface area (Å²) in [5.41, 5.74) is 2.85. The molecule has 0 bridgehead atoms. The SMILES string of the molecule is CCC(c1ncc[nH]1)n1c(C)cc(C=O)c1C. The Hall–Kier alpha value is -1.84. The summed E-state index contributed by atoms with van der Waals surface area (Å²) in [5.74, 6) is 0.937. The van der Waals surface area contributed by atoms with Gasteiger partial charge < -0.3 is 9.55 Å². The highest BCUT2D eigenvalue weighted by molar-refractivity contribution is 5.77. The first-order chi connectivity index (χ1) is 8.19. The zero-order valence-corrected chi connectivity index (χ0v) is 10.4. The molecule has 2 aromatic rings. The van der Waals surface area contributed by atoms with Gasteiger partial charge in [-0.05, 0) is 26.3 Å². The topological polar surface area (TPSA) is 50.7 Å². The van der Waals surface area contributed by atoms with Gasteiger partial charge in [-0.1, -0.05) is 6.92 Å². The van der Waals surface area contributed by atoms with Gasteiger partial charge in [0, 0.05) is 29.3 Å². The number of carbonyl (C=O) groups excluding carboxylic acids is 1. The molecule has 0 amide bonds. The van der Waals surface area contributed by atoms with E-state index in [0.29, 0.717) is 0 Å². The molecule has 0 aliphatic carbocycles. The van der Waals surface area contributed by atoms with Crippen LogP contribution in [0.25, 0.3) is 0 Å². The summed E-state index contributed by atoms with van der Waals surface area (Å²) in [5, 5.41) is 0. The van der Waals surface area contributed by atoms with E-state index in [4.69, 9.17) is 0 Å². The van der Waals surface area contributed by atoms with Crippen molar-refractivity contribution in [1.82, 2.24) is 14.5 Å². The summed E-state index contributed by atoms with van der Waals surface area (Å²) >= 11 is 0. The zero-order valence-electron chi connectivity index (χ0n) is 10.4. The molecular formula is C13H17N3O. The molecule has 0 aromatic carbocycles. The average molecular weight is 231 g/mol. The number of hydrogen-bond acceptors (Lipinski definition) is 2.